The SMILES string of the molecule is COc1ccc(C(=O)NC(Cc2cccs2)C(=O)Nc2ccc(S(=O)(=O)NC(C)(C)C)cc2)nc1. The summed E-state index contributed by atoms with van der Waals surface area (Å²) in [6.45, 7) is 5.26. The van der Waals surface area contributed by atoms with Gasteiger partial charge in [0.2, 0.25) is 15.9 Å². The van der Waals surface area contributed by atoms with E-state index in [0.29, 0.717) is 11.4 Å². The number of nitrogens with one attached hydrogen (secondary N) is 3. The van der Waals surface area contributed by atoms with E-state index in [2.05, 4.69) is 20.3 Å². The lowest BCUT2D eigenvalue weighted by Gasteiger charge is -2.20. The number of thiophene rings is 1. The molecule has 3 N–H and O–H groups in total. The highest BCUT2D eigenvalue weighted by molar-refractivity contribution is 7.89. The average Bonchev–Trinajstić information content (AvgIpc) is 3.30. The van der Waals surface area contributed by atoms with Gasteiger partial charge in [-0.2, -0.15) is 0 Å². The summed E-state index contributed by atoms with van der Waals surface area (Å²) in [5.74, 6) is -0.430. The molecule has 0 radical (unpaired) electrons. The van der Waals surface area contributed by atoms with E-state index in [1.807, 2.05) is 17.5 Å². The number of sulfonamides is 1. The number of aromatic nitrogens is 1. The average molecular weight is 517 g/mol. The van der Waals surface area contributed by atoms with Gasteiger partial charge in [0.1, 0.15) is 17.5 Å². The molecule has 9 nitrogen and oxygen atoms in total. The topological polar surface area (TPSA) is 126 Å². The molecule has 3 aromatic rings. The smallest absolute Gasteiger partial charge is 0.270 e. The summed E-state index contributed by atoms with van der Waals surface area (Å²) in [6, 6.07) is 11.8. The summed E-state index contributed by atoms with van der Waals surface area (Å²) in [5, 5.41) is 7.38. The Labute approximate surface area is 209 Å². The third-order valence-corrected chi connectivity index (χ3v) is 7.36. The normalized spacial score (nSPS) is 12.6. The largest absolute Gasteiger partial charge is 0.495 e. The number of anilines is 1. The fourth-order valence-electron chi connectivity index (χ4n) is 3.12. The van der Waals surface area contributed by atoms with Crippen molar-refractivity contribution in [3.63, 3.8) is 0 Å². The summed E-state index contributed by atoms with van der Waals surface area (Å²) in [5.41, 5.74) is -0.0779. The highest BCUT2D eigenvalue weighted by Gasteiger charge is 2.24. The molecule has 2 aromatic heterocycles. The number of benzene rings is 1. The summed E-state index contributed by atoms with van der Waals surface area (Å²) < 4.78 is 32.7. The molecule has 0 saturated carbocycles. The highest BCUT2D eigenvalue weighted by atomic mass is 32.2. The number of carbonyl (C=O) groups excluding carboxylic acids is 2. The van der Waals surface area contributed by atoms with Crippen LogP contribution in [0.5, 0.6) is 5.75 Å². The number of nitrogens with zero attached hydrogens (tertiary/aromatic N) is 1. The molecule has 0 aliphatic rings. The first-order valence-corrected chi connectivity index (χ1v) is 13.1. The van der Waals surface area contributed by atoms with E-state index in [1.165, 1.54) is 55.0 Å². The minimum atomic E-state index is -3.70. The van der Waals surface area contributed by atoms with Gasteiger partial charge >= 0.3 is 0 Å². The van der Waals surface area contributed by atoms with Gasteiger partial charge in [-0.1, -0.05) is 6.07 Å². The van der Waals surface area contributed by atoms with E-state index in [9.17, 15) is 18.0 Å². The van der Waals surface area contributed by atoms with Crippen LogP contribution >= 0.6 is 11.3 Å². The Kier molecular flexibility index (Phi) is 8.26. The van der Waals surface area contributed by atoms with Gasteiger partial charge in [0.15, 0.2) is 0 Å². The van der Waals surface area contributed by atoms with E-state index in [1.54, 1.807) is 26.8 Å². The number of rotatable bonds is 9. The molecular weight excluding hydrogens is 488 g/mol. The van der Waals surface area contributed by atoms with E-state index < -0.39 is 33.4 Å². The van der Waals surface area contributed by atoms with E-state index in [-0.39, 0.29) is 17.0 Å². The molecule has 0 aliphatic heterocycles. The fourth-order valence-corrected chi connectivity index (χ4v) is 5.29. The van der Waals surface area contributed by atoms with Crippen LogP contribution in [0.2, 0.25) is 0 Å². The van der Waals surface area contributed by atoms with Crippen molar-refractivity contribution in [3.8, 4) is 5.75 Å². The summed E-state index contributed by atoms with van der Waals surface area (Å²) in [4.78, 5) is 30.9. The first-order valence-electron chi connectivity index (χ1n) is 10.7. The zero-order valence-electron chi connectivity index (χ0n) is 19.9. The molecule has 186 valence electrons. The van der Waals surface area contributed by atoms with Gasteiger partial charge in [-0.15, -0.1) is 11.3 Å². The maximum absolute atomic E-state index is 13.1. The van der Waals surface area contributed by atoms with E-state index in [0.717, 1.165) is 4.88 Å². The lowest BCUT2D eigenvalue weighted by Crippen LogP contribution is -2.45. The Balaban J connectivity index is 1.74. The number of carbonyl (C=O) groups is 2. The van der Waals surface area contributed by atoms with Crippen LogP contribution in [0.3, 0.4) is 0 Å². The van der Waals surface area contributed by atoms with Crippen molar-refractivity contribution < 1.29 is 22.7 Å². The van der Waals surface area contributed by atoms with Gasteiger partial charge in [0.05, 0.1) is 18.2 Å². The van der Waals surface area contributed by atoms with Gasteiger partial charge in [0.25, 0.3) is 5.91 Å². The van der Waals surface area contributed by atoms with Gasteiger partial charge in [0, 0.05) is 22.5 Å². The Morgan fingerprint density at radius 2 is 1.80 bits per heavy atom. The molecule has 0 aliphatic carbocycles. The molecule has 0 bridgehead atoms. The number of amides is 2. The lowest BCUT2D eigenvalue weighted by molar-refractivity contribution is -0.118. The predicted octanol–water partition coefficient (Wildman–Crippen LogP) is 3.21. The summed E-state index contributed by atoms with van der Waals surface area (Å²) >= 11 is 1.47. The maximum atomic E-state index is 13.1. The molecular formula is C24H28N4O5S2. The van der Waals surface area contributed by atoms with Gasteiger partial charge in [-0.3, -0.25) is 9.59 Å². The third kappa shape index (κ3) is 7.61. The maximum Gasteiger partial charge on any atom is 0.270 e. The molecule has 2 amide bonds. The van der Waals surface area contributed by atoms with E-state index in [4.69, 9.17) is 4.74 Å². The van der Waals surface area contributed by atoms with Crippen molar-refractivity contribution in [3.05, 3.63) is 70.7 Å². The van der Waals surface area contributed by atoms with Crippen LogP contribution in [-0.4, -0.2) is 43.9 Å². The zero-order valence-corrected chi connectivity index (χ0v) is 21.5. The van der Waals surface area contributed by atoms with Crippen LogP contribution in [0.25, 0.3) is 0 Å². The number of hydrogen-bond acceptors (Lipinski definition) is 7. The zero-order chi connectivity index (χ0) is 25.6. The first kappa shape index (κ1) is 26.3. The molecule has 11 heteroatoms. The highest BCUT2D eigenvalue weighted by Crippen LogP contribution is 2.18. The first-order chi connectivity index (χ1) is 16.5. The van der Waals surface area contributed by atoms with Crippen molar-refractivity contribution in [1.82, 2.24) is 15.0 Å². The Bertz CT molecular complexity index is 1250. The number of methoxy groups -OCH3 is 1. The molecule has 1 atom stereocenters. The summed E-state index contributed by atoms with van der Waals surface area (Å²) in [6.07, 6.45) is 1.71. The van der Waals surface area contributed by atoms with Crippen LogP contribution < -0.4 is 20.1 Å². The number of hydrogen-bond donors (Lipinski definition) is 3. The molecule has 0 saturated heterocycles. The minimum absolute atomic E-state index is 0.0828. The molecule has 35 heavy (non-hydrogen) atoms. The standard InChI is InChI=1S/C24H28N4O5S2/c1-24(2,3)28-35(31,32)19-10-7-16(8-11-19)26-23(30)21(14-18-6-5-13-34-18)27-22(29)20-12-9-17(33-4)15-25-20/h5-13,15,21,28H,14H2,1-4H3,(H,26,30)(H,27,29). The van der Waals surface area contributed by atoms with Crippen LogP contribution in [-0.2, 0) is 21.2 Å². The second kappa shape index (κ2) is 11.0. The van der Waals surface area contributed by atoms with Crippen LogP contribution in [0.1, 0.15) is 36.1 Å². The second-order valence-electron chi connectivity index (χ2n) is 8.76. The molecule has 0 spiro atoms. The van der Waals surface area contributed by atoms with Crippen molar-refractivity contribution in [2.75, 3.05) is 12.4 Å². The van der Waals surface area contributed by atoms with Crippen LogP contribution in [0.15, 0.2) is 65.0 Å². The Hall–Kier alpha value is -3.28. The number of ether oxygens (including phenoxy) is 1. The minimum Gasteiger partial charge on any atom is -0.495 e. The van der Waals surface area contributed by atoms with Gasteiger partial charge < -0.3 is 15.4 Å². The van der Waals surface area contributed by atoms with E-state index >= 15 is 0 Å². The second-order valence-corrected chi connectivity index (χ2v) is 11.5. The van der Waals surface area contributed by atoms with Gasteiger partial charge in [-0.25, -0.2) is 18.1 Å². The van der Waals surface area contributed by atoms with Gasteiger partial charge in [-0.05, 0) is 68.6 Å². The quantitative estimate of drug-likeness (QED) is 0.401. The van der Waals surface area contributed by atoms with Crippen molar-refractivity contribution in [2.24, 2.45) is 0 Å². The van der Waals surface area contributed by atoms with Crippen molar-refractivity contribution >= 4 is 38.9 Å². The predicted molar refractivity (Wildman–Crippen MR) is 135 cm³/mol. The third-order valence-electron chi connectivity index (χ3n) is 4.68. The number of pyridine rings is 1. The monoisotopic (exact) mass is 516 g/mol. The summed E-state index contributed by atoms with van der Waals surface area (Å²) in [7, 11) is -2.20. The molecule has 2 heterocycles. The molecule has 1 aromatic carbocycles. The molecule has 1 unspecified atom stereocenters. The lowest BCUT2D eigenvalue weighted by atomic mass is 10.1. The van der Waals surface area contributed by atoms with Crippen molar-refractivity contribution in [1.29, 1.82) is 0 Å². The van der Waals surface area contributed by atoms with Crippen molar-refractivity contribution in [2.45, 2.75) is 43.7 Å². The Morgan fingerprint density at radius 1 is 1.09 bits per heavy atom. The fraction of sp³-hybridized carbons (Fsp3) is 0.292. The van der Waals surface area contributed by atoms with Crippen LogP contribution in [0.4, 0.5) is 5.69 Å². The van der Waals surface area contributed by atoms with Crippen LogP contribution in [0, 0.1) is 0 Å². The Morgan fingerprint density at radius 3 is 2.34 bits per heavy atom. The molecule has 0 fully saturated rings. The molecule has 3 rings (SSSR count).